The largest absolute Gasteiger partial charge is 0.390 e. The maximum atomic E-state index is 12.9. The molecule has 1 aromatic heterocycles. The summed E-state index contributed by atoms with van der Waals surface area (Å²) in [6.45, 7) is 1.22. The molecule has 0 unspecified atom stereocenters. The van der Waals surface area contributed by atoms with Gasteiger partial charge in [0, 0.05) is 30.0 Å². The highest BCUT2D eigenvalue weighted by Crippen LogP contribution is 2.28. The number of benzene rings is 2. The van der Waals surface area contributed by atoms with E-state index in [9.17, 15) is 9.90 Å². The highest BCUT2D eigenvalue weighted by atomic mass is 35.5. The van der Waals surface area contributed by atoms with Gasteiger partial charge in [0.15, 0.2) is 5.16 Å². The van der Waals surface area contributed by atoms with Gasteiger partial charge in [-0.15, -0.1) is 0 Å². The number of aliphatic hydroxyl groups excluding tert-OH is 1. The van der Waals surface area contributed by atoms with Crippen molar-refractivity contribution < 1.29 is 9.90 Å². The van der Waals surface area contributed by atoms with Crippen LogP contribution in [0.2, 0.25) is 5.02 Å². The number of hydrogen-bond acceptors (Lipinski definition) is 4. The molecule has 2 heterocycles. The first-order valence-electron chi connectivity index (χ1n) is 9.56. The van der Waals surface area contributed by atoms with E-state index in [1.54, 1.807) is 0 Å². The molecule has 1 aliphatic rings. The molecule has 1 N–H and O–H groups in total. The molecule has 1 aliphatic heterocycles. The number of thioether (sulfide) groups is 1. The molecule has 0 saturated carbocycles. The van der Waals surface area contributed by atoms with Gasteiger partial charge in [-0.2, -0.15) is 0 Å². The minimum Gasteiger partial charge on any atom is -0.390 e. The van der Waals surface area contributed by atoms with Crippen molar-refractivity contribution >= 4 is 35.0 Å². The second-order valence-corrected chi connectivity index (χ2v) is 8.37. The number of rotatable bonds is 6. The third-order valence-electron chi connectivity index (χ3n) is 4.95. The Hall–Kier alpha value is -2.28. The minimum absolute atomic E-state index is 0.0775. The fourth-order valence-electron chi connectivity index (χ4n) is 3.54. The molecule has 1 amide bonds. The SMILES string of the molecule is O=C(CSc1nc(CO)cn1Cc1ccc(Cl)cc1)N1CCCc2ccccc21. The van der Waals surface area contributed by atoms with Crippen molar-refractivity contribution in [3.8, 4) is 0 Å². The molecule has 150 valence electrons. The number of aryl methyl sites for hydroxylation is 1. The van der Waals surface area contributed by atoms with Gasteiger partial charge in [0.2, 0.25) is 5.91 Å². The molecular formula is C22H22ClN3O2S. The van der Waals surface area contributed by atoms with Crippen LogP contribution in [0.5, 0.6) is 0 Å². The summed E-state index contributed by atoms with van der Waals surface area (Å²) in [6, 6.07) is 15.7. The van der Waals surface area contributed by atoms with E-state index in [4.69, 9.17) is 11.6 Å². The number of aromatic nitrogens is 2. The number of amides is 1. The third kappa shape index (κ3) is 4.66. The zero-order valence-electron chi connectivity index (χ0n) is 15.9. The summed E-state index contributed by atoms with van der Waals surface area (Å²) in [6.07, 6.45) is 3.82. The van der Waals surface area contributed by atoms with Gasteiger partial charge < -0.3 is 14.6 Å². The maximum absolute atomic E-state index is 12.9. The number of imidazole rings is 1. The number of nitrogens with zero attached hydrogens (tertiary/aromatic N) is 3. The zero-order valence-corrected chi connectivity index (χ0v) is 17.5. The van der Waals surface area contributed by atoms with E-state index in [1.165, 1.54) is 17.3 Å². The summed E-state index contributed by atoms with van der Waals surface area (Å²) < 4.78 is 1.97. The van der Waals surface area contributed by atoms with Crippen molar-refractivity contribution in [1.82, 2.24) is 9.55 Å². The lowest BCUT2D eigenvalue weighted by atomic mass is 10.0. The Balaban J connectivity index is 1.47. The van der Waals surface area contributed by atoms with Gasteiger partial charge in [0.25, 0.3) is 0 Å². The van der Waals surface area contributed by atoms with Gasteiger partial charge >= 0.3 is 0 Å². The summed E-state index contributed by atoms with van der Waals surface area (Å²) in [4.78, 5) is 19.3. The normalized spacial score (nSPS) is 13.4. The molecule has 2 aromatic carbocycles. The van der Waals surface area contributed by atoms with Gasteiger partial charge in [-0.1, -0.05) is 53.7 Å². The van der Waals surface area contributed by atoms with Crippen LogP contribution in [0, 0.1) is 0 Å². The number of hydrogen-bond donors (Lipinski definition) is 1. The molecule has 7 heteroatoms. The summed E-state index contributed by atoms with van der Waals surface area (Å²) >= 11 is 7.37. The zero-order chi connectivity index (χ0) is 20.2. The van der Waals surface area contributed by atoms with Gasteiger partial charge in [-0.3, -0.25) is 4.79 Å². The first kappa shape index (κ1) is 20.0. The summed E-state index contributed by atoms with van der Waals surface area (Å²) in [5.74, 6) is 0.380. The molecule has 0 radical (unpaired) electrons. The van der Waals surface area contributed by atoms with Crippen molar-refractivity contribution in [3.63, 3.8) is 0 Å². The van der Waals surface area contributed by atoms with Crippen molar-refractivity contribution in [3.05, 3.63) is 76.6 Å². The quantitative estimate of drug-likeness (QED) is 0.600. The van der Waals surface area contributed by atoms with Crippen LogP contribution in [0.1, 0.15) is 23.2 Å². The Bertz CT molecular complexity index is 1000. The lowest BCUT2D eigenvalue weighted by Crippen LogP contribution is -2.36. The van der Waals surface area contributed by atoms with Crippen LogP contribution in [-0.2, 0) is 24.4 Å². The van der Waals surface area contributed by atoms with Crippen LogP contribution in [0.25, 0.3) is 0 Å². The van der Waals surface area contributed by atoms with Crippen LogP contribution >= 0.6 is 23.4 Å². The average Bonchev–Trinajstić information content (AvgIpc) is 3.15. The first-order chi connectivity index (χ1) is 14.1. The van der Waals surface area contributed by atoms with E-state index in [0.717, 1.165) is 35.8 Å². The van der Waals surface area contributed by atoms with Crippen LogP contribution in [0.15, 0.2) is 59.9 Å². The molecule has 0 bridgehead atoms. The van der Waals surface area contributed by atoms with Crippen LogP contribution < -0.4 is 4.90 Å². The number of aliphatic hydroxyl groups is 1. The van der Waals surface area contributed by atoms with Crippen LogP contribution in [0.3, 0.4) is 0 Å². The highest BCUT2D eigenvalue weighted by molar-refractivity contribution is 7.99. The topological polar surface area (TPSA) is 58.4 Å². The van der Waals surface area contributed by atoms with Crippen molar-refractivity contribution in [2.24, 2.45) is 0 Å². The van der Waals surface area contributed by atoms with E-state index >= 15 is 0 Å². The fourth-order valence-corrected chi connectivity index (χ4v) is 4.54. The lowest BCUT2D eigenvalue weighted by Gasteiger charge is -2.29. The Labute approximate surface area is 179 Å². The number of halogens is 1. The number of carbonyl (C=O) groups excluding carboxylic acids is 1. The molecule has 29 heavy (non-hydrogen) atoms. The van der Waals surface area contributed by atoms with Crippen LogP contribution in [0.4, 0.5) is 5.69 Å². The molecule has 0 aliphatic carbocycles. The minimum atomic E-state index is -0.130. The van der Waals surface area contributed by atoms with Crippen LogP contribution in [-0.4, -0.2) is 32.9 Å². The van der Waals surface area contributed by atoms with E-state index in [2.05, 4.69) is 11.1 Å². The van der Waals surface area contributed by atoms with Crippen molar-refractivity contribution in [2.45, 2.75) is 31.1 Å². The standard InChI is InChI=1S/C22H22ClN3O2S/c23-18-9-7-16(8-10-18)12-25-13-19(14-27)24-22(25)29-15-21(28)26-11-3-5-17-4-1-2-6-20(17)26/h1-2,4,6-10,13,27H,3,5,11-12,14-15H2. The first-order valence-corrected chi connectivity index (χ1v) is 10.9. The fraction of sp³-hybridized carbons (Fsp3) is 0.273. The smallest absolute Gasteiger partial charge is 0.237 e. The number of carbonyl (C=O) groups is 1. The summed E-state index contributed by atoms with van der Waals surface area (Å²) in [5.41, 5.74) is 3.92. The molecule has 0 saturated heterocycles. The predicted octanol–water partition coefficient (Wildman–Crippen LogP) is 4.15. The lowest BCUT2D eigenvalue weighted by molar-refractivity contribution is -0.116. The number of anilines is 1. The Morgan fingerprint density at radius 1 is 1.17 bits per heavy atom. The van der Waals surface area contributed by atoms with E-state index in [0.29, 0.717) is 23.0 Å². The van der Waals surface area contributed by atoms with Gasteiger partial charge in [-0.05, 0) is 42.2 Å². The molecule has 4 rings (SSSR count). The number of para-hydroxylation sites is 1. The Morgan fingerprint density at radius 3 is 2.76 bits per heavy atom. The third-order valence-corrected chi connectivity index (χ3v) is 6.18. The molecule has 0 fully saturated rings. The Morgan fingerprint density at radius 2 is 1.97 bits per heavy atom. The van der Waals surface area contributed by atoms with Gasteiger partial charge in [0.05, 0.1) is 18.1 Å². The van der Waals surface area contributed by atoms with Gasteiger partial charge in [-0.25, -0.2) is 4.98 Å². The second kappa shape index (κ2) is 9.03. The molecular weight excluding hydrogens is 406 g/mol. The van der Waals surface area contributed by atoms with Crippen molar-refractivity contribution in [2.75, 3.05) is 17.2 Å². The van der Waals surface area contributed by atoms with E-state index < -0.39 is 0 Å². The molecule has 0 atom stereocenters. The maximum Gasteiger partial charge on any atom is 0.237 e. The monoisotopic (exact) mass is 427 g/mol. The molecule has 3 aromatic rings. The van der Waals surface area contributed by atoms with Gasteiger partial charge in [0.1, 0.15) is 0 Å². The predicted molar refractivity (Wildman–Crippen MR) is 117 cm³/mol. The van der Waals surface area contributed by atoms with Crippen molar-refractivity contribution in [1.29, 1.82) is 0 Å². The Kier molecular flexibility index (Phi) is 6.23. The van der Waals surface area contributed by atoms with E-state index in [1.807, 2.05) is 58.1 Å². The average molecular weight is 428 g/mol. The highest BCUT2D eigenvalue weighted by Gasteiger charge is 2.22. The summed E-state index contributed by atoms with van der Waals surface area (Å²) in [5, 5.41) is 10.9. The second-order valence-electron chi connectivity index (χ2n) is 6.99. The number of fused-ring (bicyclic) bond motifs is 1. The van der Waals surface area contributed by atoms with E-state index in [-0.39, 0.29) is 12.5 Å². The molecule has 0 spiro atoms. The summed E-state index contributed by atoms with van der Waals surface area (Å²) in [7, 11) is 0. The molecule has 5 nitrogen and oxygen atoms in total.